The van der Waals surface area contributed by atoms with Gasteiger partial charge in [0.05, 0.1) is 12.2 Å². The zero-order valence-electron chi connectivity index (χ0n) is 17.3. The second kappa shape index (κ2) is 9.56. The van der Waals surface area contributed by atoms with E-state index in [1.807, 2.05) is 14.1 Å². The molecule has 2 saturated carbocycles. The van der Waals surface area contributed by atoms with Crippen LogP contribution in [-0.4, -0.2) is 47.3 Å². The Kier molecular flexibility index (Phi) is 7.38. The fourth-order valence-corrected chi connectivity index (χ4v) is 5.78. The number of carbonyl (C=O) groups excluding carboxylic acids is 1. The van der Waals surface area contributed by atoms with Gasteiger partial charge in [0.2, 0.25) is 5.91 Å². The molecule has 4 nitrogen and oxygen atoms in total. The number of amides is 1. The van der Waals surface area contributed by atoms with E-state index in [0.29, 0.717) is 30.1 Å². The van der Waals surface area contributed by atoms with Gasteiger partial charge in [-0.2, -0.15) is 0 Å². The molecule has 1 amide bonds. The predicted octanol–water partition coefficient (Wildman–Crippen LogP) is 3.91. The van der Waals surface area contributed by atoms with Gasteiger partial charge in [0.25, 0.3) is 0 Å². The molecule has 0 saturated heterocycles. The first-order valence-electron chi connectivity index (χ1n) is 11.2. The maximum atomic E-state index is 11.7. The Labute approximate surface area is 165 Å². The third kappa shape index (κ3) is 5.35. The number of unbranched alkanes of at least 4 members (excludes halogenated alkanes) is 1. The topological polar surface area (TPSA) is 60.8 Å². The Morgan fingerprint density at radius 1 is 1.26 bits per heavy atom. The predicted molar refractivity (Wildman–Crippen MR) is 108 cm³/mol. The van der Waals surface area contributed by atoms with Crippen LogP contribution in [0.4, 0.5) is 0 Å². The van der Waals surface area contributed by atoms with Crippen molar-refractivity contribution >= 4 is 5.91 Å². The quantitative estimate of drug-likeness (QED) is 0.473. The highest BCUT2D eigenvalue weighted by atomic mass is 16.3. The highest BCUT2D eigenvalue weighted by Gasteiger charge is 2.44. The lowest BCUT2D eigenvalue weighted by Crippen LogP contribution is -2.24. The first-order chi connectivity index (χ1) is 13.0. The molecule has 0 aromatic rings. The summed E-state index contributed by atoms with van der Waals surface area (Å²) in [6, 6.07) is 0. The molecule has 5 atom stereocenters. The summed E-state index contributed by atoms with van der Waals surface area (Å²) in [7, 11) is 3.64. The van der Waals surface area contributed by atoms with Crippen LogP contribution in [0.3, 0.4) is 0 Å². The summed E-state index contributed by atoms with van der Waals surface area (Å²) in [5.74, 6) is 2.19. The van der Waals surface area contributed by atoms with Gasteiger partial charge in [-0.1, -0.05) is 24.5 Å². The number of aliphatic hydroxyl groups excluding tert-OH is 2. The van der Waals surface area contributed by atoms with Gasteiger partial charge in [-0.3, -0.25) is 4.79 Å². The van der Waals surface area contributed by atoms with Gasteiger partial charge in [0, 0.05) is 20.5 Å². The molecule has 3 aliphatic rings. The fraction of sp³-hybridized carbons (Fsp3) is 0.870. The summed E-state index contributed by atoms with van der Waals surface area (Å²) in [6.07, 6.45) is 14.6. The number of hydrogen-bond donors (Lipinski definition) is 2. The van der Waals surface area contributed by atoms with E-state index >= 15 is 0 Å². The van der Waals surface area contributed by atoms with Crippen LogP contribution in [0.2, 0.25) is 0 Å². The first-order valence-corrected chi connectivity index (χ1v) is 11.2. The van der Waals surface area contributed by atoms with Crippen LogP contribution in [0.5, 0.6) is 0 Å². The molecular formula is C23H39NO3. The lowest BCUT2D eigenvalue weighted by atomic mass is 9.84. The molecule has 0 spiro atoms. The van der Waals surface area contributed by atoms with Crippen molar-refractivity contribution < 1.29 is 15.0 Å². The number of fused-ring (bicyclic) bond motifs is 1. The summed E-state index contributed by atoms with van der Waals surface area (Å²) < 4.78 is 0. The minimum atomic E-state index is -0.189. The van der Waals surface area contributed by atoms with E-state index in [0.717, 1.165) is 44.9 Å². The molecule has 0 radical (unpaired) electrons. The number of hydrogen-bond acceptors (Lipinski definition) is 3. The van der Waals surface area contributed by atoms with Gasteiger partial charge in [0.1, 0.15) is 0 Å². The van der Waals surface area contributed by atoms with Gasteiger partial charge in [-0.05, 0) is 81.5 Å². The third-order valence-electron chi connectivity index (χ3n) is 7.43. The van der Waals surface area contributed by atoms with Crippen molar-refractivity contribution in [1.29, 1.82) is 0 Å². The van der Waals surface area contributed by atoms with Crippen molar-refractivity contribution in [1.82, 2.24) is 4.90 Å². The molecule has 4 heteroatoms. The van der Waals surface area contributed by atoms with Crippen LogP contribution in [0.1, 0.15) is 77.0 Å². The van der Waals surface area contributed by atoms with Crippen LogP contribution >= 0.6 is 0 Å². The summed E-state index contributed by atoms with van der Waals surface area (Å²) in [4.78, 5) is 13.3. The minimum absolute atomic E-state index is 0.165. The number of carbonyl (C=O) groups is 1. The van der Waals surface area contributed by atoms with Gasteiger partial charge in [-0.15, -0.1) is 0 Å². The van der Waals surface area contributed by atoms with Crippen molar-refractivity contribution in [2.24, 2.45) is 23.7 Å². The number of aliphatic hydroxyl groups is 2. The molecule has 0 aromatic heterocycles. The molecule has 0 aliphatic heterocycles. The Bertz CT molecular complexity index is 524. The zero-order chi connectivity index (χ0) is 19.4. The van der Waals surface area contributed by atoms with E-state index in [1.165, 1.54) is 31.3 Å². The van der Waals surface area contributed by atoms with Gasteiger partial charge >= 0.3 is 0 Å². The zero-order valence-corrected chi connectivity index (χ0v) is 17.3. The lowest BCUT2D eigenvalue weighted by molar-refractivity contribution is -0.128. The highest BCUT2D eigenvalue weighted by Crippen LogP contribution is 2.49. The van der Waals surface area contributed by atoms with E-state index in [-0.39, 0.29) is 18.1 Å². The Hall–Kier alpha value is -0.870. The maximum Gasteiger partial charge on any atom is 0.222 e. The Balaban J connectivity index is 1.40. The maximum absolute atomic E-state index is 11.7. The van der Waals surface area contributed by atoms with E-state index < -0.39 is 0 Å². The SMILES string of the molecule is CN(C)C(=O)CCCCC1=C[C@H]2C[C@@H](O)[C@H](CC[C@@H](O)C3CCCC3)[C@H]2C1. The van der Waals surface area contributed by atoms with Crippen molar-refractivity contribution in [3.63, 3.8) is 0 Å². The molecule has 2 N–H and O–H groups in total. The average molecular weight is 378 g/mol. The summed E-state index contributed by atoms with van der Waals surface area (Å²) >= 11 is 0. The number of allylic oxidation sites excluding steroid dienone is 2. The minimum Gasteiger partial charge on any atom is -0.393 e. The largest absolute Gasteiger partial charge is 0.393 e. The van der Waals surface area contributed by atoms with Crippen LogP contribution < -0.4 is 0 Å². The van der Waals surface area contributed by atoms with Crippen LogP contribution in [-0.2, 0) is 4.79 Å². The van der Waals surface area contributed by atoms with E-state index in [4.69, 9.17) is 0 Å². The molecule has 0 aromatic carbocycles. The average Bonchev–Trinajstić information content (AvgIpc) is 3.33. The number of rotatable bonds is 9. The monoisotopic (exact) mass is 377 g/mol. The standard InChI is InChI=1S/C23H39NO3/c1-24(2)23(27)10-6-3-7-16-13-18-15-22(26)19(20(18)14-16)11-12-21(25)17-8-4-5-9-17/h13,17-22,25-26H,3-12,14-15H2,1-2H3/t18-,19+,20-,21+,22+/m0/s1. The van der Waals surface area contributed by atoms with Crippen molar-refractivity contribution in [3.8, 4) is 0 Å². The smallest absolute Gasteiger partial charge is 0.222 e. The van der Waals surface area contributed by atoms with E-state index in [2.05, 4.69) is 6.08 Å². The molecule has 27 heavy (non-hydrogen) atoms. The van der Waals surface area contributed by atoms with Gasteiger partial charge < -0.3 is 15.1 Å². The highest BCUT2D eigenvalue weighted by molar-refractivity contribution is 5.75. The third-order valence-corrected chi connectivity index (χ3v) is 7.43. The summed E-state index contributed by atoms with van der Waals surface area (Å²) in [6.45, 7) is 0. The molecule has 3 aliphatic carbocycles. The van der Waals surface area contributed by atoms with E-state index in [1.54, 1.807) is 4.90 Å². The Morgan fingerprint density at radius 3 is 2.70 bits per heavy atom. The molecule has 0 unspecified atom stereocenters. The van der Waals surface area contributed by atoms with Crippen molar-refractivity contribution in [3.05, 3.63) is 11.6 Å². The fourth-order valence-electron chi connectivity index (χ4n) is 5.78. The van der Waals surface area contributed by atoms with Crippen molar-refractivity contribution in [2.45, 2.75) is 89.3 Å². The molecule has 0 bridgehead atoms. The first kappa shape index (κ1) is 20.9. The summed E-state index contributed by atoms with van der Waals surface area (Å²) in [5, 5.41) is 21.0. The van der Waals surface area contributed by atoms with Gasteiger partial charge in [-0.25, -0.2) is 0 Å². The molecular weight excluding hydrogens is 338 g/mol. The normalized spacial score (nSPS) is 31.8. The van der Waals surface area contributed by atoms with Crippen LogP contribution in [0.25, 0.3) is 0 Å². The number of nitrogens with zero attached hydrogens (tertiary/aromatic N) is 1. The van der Waals surface area contributed by atoms with E-state index in [9.17, 15) is 15.0 Å². The van der Waals surface area contributed by atoms with Crippen molar-refractivity contribution in [2.75, 3.05) is 14.1 Å². The molecule has 2 fully saturated rings. The van der Waals surface area contributed by atoms with Crippen LogP contribution in [0.15, 0.2) is 11.6 Å². The van der Waals surface area contributed by atoms with Crippen LogP contribution in [0, 0.1) is 23.7 Å². The molecule has 154 valence electrons. The molecule has 0 heterocycles. The van der Waals surface area contributed by atoms with Gasteiger partial charge in [0.15, 0.2) is 0 Å². The Morgan fingerprint density at radius 2 is 2.00 bits per heavy atom. The molecule has 3 rings (SSSR count). The second-order valence-electron chi connectivity index (χ2n) is 9.51. The summed E-state index contributed by atoms with van der Waals surface area (Å²) in [5.41, 5.74) is 1.54. The second-order valence-corrected chi connectivity index (χ2v) is 9.51. The lowest BCUT2D eigenvalue weighted by Gasteiger charge is -2.25.